The highest BCUT2D eigenvalue weighted by Gasteiger charge is 2.51. The molecule has 3 saturated heterocycles. The van der Waals surface area contributed by atoms with Crippen molar-refractivity contribution in [2.45, 2.75) is 110 Å². The van der Waals surface area contributed by atoms with E-state index < -0.39 is 62.6 Å². The molecule has 3 fully saturated rings. The van der Waals surface area contributed by atoms with Crippen LogP contribution in [-0.4, -0.2) is 136 Å². The van der Waals surface area contributed by atoms with Crippen LogP contribution in [0, 0.1) is 17.3 Å². The number of fused-ring (bicyclic) bond motifs is 6. The largest absolute Gasteiger partial charge is 0.508 e. The molecular formula is C50H66N8O8S. The first kappa shape index (κ1) is 48.1. The number of sulfonamides is 1. The van der Waals surface area contributed by atoms with E-state index in [1.807, 2.05) is 38.2 Å². The topological polar surface area (TPSA) is 186 Å². The van der Waals surface area contributed by atoms with E-state index in [9.17, 15) is 32.7 Å². The fraction of sp³-hybridized carbons (Fsp3) is 0.540. The number of hydrogen-bond donors (Lipinski definition) is 3. The lowest BCUT2D eigenvalue weighted by molar-refractivity contribution is -0.155. The van der Waals surface area contributed by atoms with Gasteiger partial charge in [-0.2, -0.15) is 4.31 Å². The molecule has 0 radical (unpaired) electrons. The summed E-state index contributed by atoms with van der Waals surface area (Å²) in [6, 6.07) is 12.6. The molecular weight excluding hydrogens is 873 g/mol. The third-order valence-electron chi connectivity index (χ3n) is 13.9. The Hall–Kier alpha value is -5.36. The van der Waals surface area contributed by atoms with Crippen LogP contribution in [0.1, 0.15) is 84.0 Å². The minimum atomic E-state index is -3.55. The zero-order valence-corrected chi connectivity index (χ0v) is 41.0. The summed E-state index contributed by atoms with van der Waals surface area (Å²) in [5, 5.41) is 16.1. The number of carbonyl (C=O) groups excluding carboxylic acids is 4. The van der Waals surface area contributed by atoms with E-state index in [1.54, 1.807) is 24.1 Å². The van der Waals surface area contributed by atoms with Gasteiger partial charge in [0.25, 0.3) is 5.91 Å². The summed E-state index contributed by atoms with van der Waals surface area (Å²) in [5.41, 5.74) is 9.95. The van der Waals surface area contributed by atoms with E-state index in [4.69, 9.17) is 9.72 Å². The van der Waals surface area contributed by atoms with Crippen LogP contribution in [-0.2, 0) is 53.3 Å². The quantitative estimate of drug-likeness (QED) is 0.145. The number of carbonyl (C=O) groups is 4. The van der Waals surface area contributed by atoms with Crippen molar-refractivity contribution in [3.05, 3.63) is 71.5 Å². The maximum absolute atomic E-state index is 14.7. The number of phenols is 1. The van der Waals surface area contributed by atoms with Crippen molar-refractivity contribution in [3.8, 4) is 28.1 Å². The highest BCUT2D eigenvalue weighted by Crippen LogP contribution is 2.42. The SMILES string of the molecule is CCn1c(-c2cccnc2C(C)C)c2c3cc(ccc31)-c1cc(O)cc(c1)C[C@H](NC(=O)[C@H](C(C)C)N(C)C(=O)C1CN(S(=O)(=O)[C@H]3CN3C)C1)C(=O)N1CCC[C@H](N1)C(=O)OCC(C)(C)C2. The normalized spacial score (nSPS) is 23.1. The van der Waals surface area contributed by atoms with Crippen LogP contribution in [0.15, 0.2) is 54.7 Å². The van der Waals surface area contributed by atoms with Crippen LogP contribution < -0.4 is 10.7 Å². The summed E-state index contributed by atoms with van der Waals surface area (Å²) < 4.78 is 35.7. The van der Waals surface area contributed by atoms with Crippen molar-refractivity contribution in [2.24, 2.45) is 17.3 Å². The van der Waals surface area contributed by atoms with Crippen LogP contribution in [0.2, 0.25) is 0 Å². The summed E-state index contributed by atoms with van der Waals surface area (Å²) >= 11 is 0. The molecule has 6 bridgehead atoms. The second kappa shape index (κ2) is 18.6. The van der Waals surface area contributed by atoms with Crippen molar-refractivity contribution < 1.29 is 37.4 Å². The summed E-state index contributed by atoms with van der Waals surface area (Å²) in [6.07, 6.45) is 3.31. The molecule has 6 heterocycles. The Bertz CT molecular complexity index is 2690. The Kier molecular flexibility index (Phi) is 13.4. The van der Waals surface area contributed by atoms with Crippen molar-refractivity contribution >= 4 is 44.6 Å². The molecule has 2 aromatic heterocycles. The molecule has 0 aliphatic carbocycles. The molecule has 4 aliphatic heterocycles. The summed E-state index contributed by atoms with van der Waals surface area (Å²) in [7, 11) is -0.274. The predicted molar refractivity (Wildman–Crippen MR) is 256 cm³/mol. The molecule has 17 heteroatoms. The fourth-order valence-corrected chi connectivity index (χ4v) is 12.2. The monoisotopic (exact) mass is 938 g/mol. The first-order valence-corrected chi connectivity index (χ1v) is 25.1. The van der Waals surface area contributed by atoms with E-state index >= 15 is 0 Å². The number of amides is 3. The molecule has 3 N–H and O–H groups in total. The number of likely N-dealkylation sites (N-methyl/N-ethyl adjacent to an activating group) is 2. The molecule has 1 unspecified atom stereocenters. The number of pyridine rings is 1. The highest BCUT2D eigenvalue weighted by molar-refractivity contribution is 7.90. The van der Waals surface area contributed by atoms with E-state index in [2.05, 4.69) is 68.1 Å². The molecule has 8 rings (SSSR count). The van der Waals surface area contributed by atoms with E-state index in [1.165, 1.54) is 21.3 Å². The smallest absolute Gasteiger partial charge is 0.324 e. The van der Waals surface area contributed by atoms with Crippen LogP contribution in [0.25, 0.3) is 33.3 Å². The summed E-state index contributed by atoms with van der Waals surface area (Å²) in [5.74, 6) is -2.75. The third kappa shape index (κ3) is 9.57. The molecule has 0 spiro atoms. The molecule has 4 aromatic rings. The molecule has 3 amide bonds. The molecule has 67 heavy (non-hydrogen) atoms. The van der Waals surface area contributed by atoms with Crippen molar-refractivity contribution in [1.29, 1.82) is 0 Å². The Morgan fingerprint density at radius 1 is 1.04 bits per heavy atom. The average molecular weight is 939 g/mol. The van der Waals surface area contributed by atoms with Gasteiger partial charge in [-0.25, -0.2) is 13.8 Å². The molecule has 4 aliphatic rings. The molecule has 16 nitrogen and oxygen atoms in total. The second-order valence-corrected chi connectivity index (χ2v) is 22.5. The maximum Gasteiger partial charge on any atom is 0.324 e. The number of nitrogens with one attached hydrogen (secondary N) is 2. The van der Waals surface area contributed by atoms with Gasteiger partial charge in [0.2, 0.25) is 21.8 Å². The van der Waals surface area contributed by atoms with Crippen LogP contribution in [0.5, 0.6) is 5.75 Å². The van der Waals surface area contributed by atoms with E-state index in [-0.39, 0.29) is 56.2 Å². The van der Waals surface area contributed by atoms with Crippen molar-refractivity contribution in [2.75, 3.05) is 46.9 Å². The van der Waals surface area contributed by atoms with Gasteiger partial charge < -0.3 is 24.6 Å². The van der Waals surface area contributed by atoms with Gasteiger partial charge in [0.15, 0.2) is 0 Å². The Morgan fingerprint density at radius 2 is 1.78 bits per heavy atom. The number of nitrogens with zero attached hydrogens (tertiary/aromatic N) is 6. The zero-order valence-electron chi connectivity index (χ0n) is 40.2. The fourth-order valence-electron chi connectivity index (χ4n) is 10.2. The van der Waals surface area contributed by atoms with Gasteiger partial charge in [0.05, 0.1) is 23.9 Å². The number of phenolic OH excluding ortho intramolecular Hbond substituents is 1. The van der Waals surface area contributed by atoms with Crippen LogP contribution in [0.3, 0.4) is 0 Å². The predicted octanol–water partition coefficient (Wildman–Crippen LogP) is 4.88. The number of aromatic hydroxyl groups is 1. The van der Waals surface area contributed by atoms with Gasteiger partial charge in [-0.1, -0.05) is 53.7 Å². The van der Waals surface area contributed by atoms with Crippen LogP contribution >= 0.6 is 0 Å². The maximum atomic E-state index is 14.7. The van der Waals surface area contributed by atoms with Crippen molar-refractivity contribution in [3.63, 3.8) is 0 Å². The molecule has 5 atom stereocenters. The Labute approximate surface area is 394 Å². The molecule has 360 valence electrons. The van der Waals surface area contributed by atoms with Gasteiger partial charge in [-0.15, -0.1) is 0 Å². The zero-order chi connectivity index (χ0) is 48.3. The van der Waals surface area contributed by atoms with E-state index in [0.717, 1.165) is 44.5 Å². The van der Waals surface area contributed by atoms with Crippen LogP contribution in [0.4, 0.5) is 0 Å². The number of aryl methyl sites for hydroxylation is 1. The third-order valence-corrected chi connectivity index (χ3v) is 16.1. The Balaban J connectivity index is 1.16. The molecule has 0 saturated carbocycles. The average Bonchev–Trinajstić information content (AvgIpc) is 3.95. The lowest BCUT2D eigenvalue weighted by Crippen LogP contribution is -2.63. The van der Waals surface area contributed by atoms with Gasteiger partial charge in [0.1, 0.15) is 29.2 Å². The minimum absolute atomic E-state index is 0.0150. The first-order chi connectivity index (χ1) is 31.7. The lowest BCUT2D eigenvalue weighted by atomic mass is 9.83. The van der Waals surface area contributed by atoms with Gasteiger partial charge in [-0.05, 0) is 104 Å². The standard InChI is InChI=1S/C50H66N8O8S/c1-10-57-41-16-15-32-23-37(41)38(45(57)36-13-11-17-51-43(36)29(2)3)24-50(6,7)28-66-49(63)39-14-12-18-58(53-39)48(62)40(21-31-19-33(32)22-35(59)20-31)52-46(60)44(30(4)5)55(9)47(61)34-25-56(26-34)67(64,65)42-27-54(42)8/h11,13,15-17,19-20,22-23,29-30,34,39-40,42,44,53,59H,10,12,14,18,21,24-28H2,1-9H3,(H,52,60)/t39-,40-,42-,44-,54?/m0/s1. The minimum Gasteiger partial charge on any atom is -0.508 e. The summed E-state index contributed by atoms with van der Waals surface area (Å²) in [4.78, 5) is 65.0. The number of cyclic esters (lactones) is 1. The first-order valence-electron chi connectivity index (χ1n) is 23.6. The van der Waals surface area contributed by atoms with Crippen molar-refractivity contribution in [1.82, 2.24) is 39.4 Å². The number of ether oxygens (including phenoxy) is 1. The number of hydrazine groups is 1. The second-order valence-electron chi connectivity index (χ2n) is 20.4. The number of esters is 1. The Morgan fingerprint density at radius 3 is 2.45 bits per heavy atom. The van der Waals surface area contributed by atoms with Gasteiger partial charge >= 0.3 is 5.97 Å². The van der Waals surface area contributed by atoms with E-state index in [0.29, 0.717) is 37.9 Å². The number of hydrogen-bond acceptors (Lipinski definition) is 11. The van der Waals surface area contributed by atoms with Gasteiger partial charge in [-0.3, -0.25) is 34.1 Å². The number of aromatic nitrogens is 2. The number of benzene rings is 2. The van der Waals surface area contributed by atoms with Gasteiger partial charge in [0, 0.05) is 74.3 Å². The molecule has 2 aromatic carbocycles. The number of rotatable bonds is 10. The highest BCUT2D eigenvalue weighted by atomic mass is 32.2. The lowest BCUT2D eigenvalue weighted by Gasteiger charge is -2.41. The summed E-state index contributed by atoms with van der Waals surface area (Å²) in [6.45, 7) is 15.8.